The first-order valence-corrected chi connectivity index (χ1v) is 7.36. The van der Waals surface area contributed by atoms with Gasteiger partial charge in [0.2, 0.25) is 0 Å². The number of benzene rings is 2. The first-order valence-electron chi connectivity index (χ1n) is 6.98. The van der Waals surface area contributed by atoms with Gasteiger partial charge in [-0.15, -0.1) is 0 Å². The van der Waals surface area contributed by atoms with Crippen LogP contribution in [0.2, 0.25) is 5.02 Å². The molecule has 0 fully saturated rings. The lowest BCUT2D eigenvalue weighted by Gasteiger charge is -2.24. The third-order valence-electron chi connectivity index (χ3n) is 3.35. The summed E-state index contributed by atoms with van der Waals surface area (Å²) in [6.07, 6.45) is 0.214. The molecule has 0 bridgehead atoms. The normalized spacial score (nSPS) is 13.9. The van der Waals surface area contributed by atoms with E-state index in [1.54, 1.807) is 12.1 Å². The first kappa shape index (κ1) is 16.0. The molecule has 2 atom stereocenters. The predicted octanol–water partition coefficient (Wildman–Crippen LogP) is 4.13. The van der Waals surface area contributed by atoms with Crippen LogP contribution in [0.1, 0.15) is 24.2 Å². The summed E-state index contributed by atoms with van der Waals surface area (Å²) in [7, 11) is 0. The van der Waals surface area contributed by atoms with Gasteiger partial charge < -0.3 is 10.5 Å². The third kappa shape index (κ3) is 4.03. The van der Waals surface area contributed by atoms with Gasteiger partial charge in [0.25, 0.3) is 0 Å². The van der Waals surface area contributed by atoms with Gasteiger partial charge in [0.05, 0.1) is 11.1 Å². The highest BCUT2D eigenvalue weighted by Crippen LogP contribution is 2.26. The van der Waals surface area contributed by atoms with Crippen molar-refractivity contribution in [3.05, 3.63) is 70.5 Å². The van der Waals surface area contributed by atoms with Crippen LogP contribution >= 0.6 is 11.6 Å². The molecule has 2 unspecified atom stereocenters. The van der Waals surface area contributed by atoms with Crippen molar-refractivity contribution < 1.29 is 9.13 Å². The van der Waals surface area contributed by atoms with E-state index in [0.717, 1.165) is 5.56 Å². The van der Waals surface area contributed by atoms with Crippen LogP contribution in [0.3, 0.4) is 0 Å². The maximum atomic E-state index is 13.5. The quantitative estimate of drug-likeness (QED) is 0.871. The standard InChI is InChI=1S/C17H19ClFNO/c1-2-21-17(12-7-4-3-5-8-12)15(20)11-13-9-6-10-14(19)16(13)18/h3-10,15,17H,2,11,20H2,1H3. The summed E-state index contributed by atoms with van der Waals surface area (Å²) in [6, 6.07) is 14.3. The number of nitrogens with two attached hydrogens (primary N) is 1. The van der Waals surface area contributed by atoms with Gasteiger partial charge in [-0.1, -0.05) is 54.1 Å². The second kappa shape index (κ2) is 7.55. The minimum atomic E-state index is -0.422. The molecule has 0 aliphatic carbocycles. The molecule has 112 valence electrons. The van der Waals surface area contributed by atoms with E-state index in [9.17, 15) is 4.39 Å². The van der Waals surface area contributed by atoms with Crippen LogP contribution in [0.15, 0.2) is 48.5 Å². The molecular formula is C17H19ClFNO. The van der Waals surface area contributed by atoms with Crippen molar-refractivity contribution in [2.45, 2.75) is 25.5 Å². The van der Waals surface area contributed by atoms with Gasteiger partial charge in [-0.3, -0.25) is 0 Å². The molecule has 0 spiro atoms. The van der Waals surface area contributed by atoms with Crippen LogP contribution in [0.4, 0.5) is 4.39 Å². The highest BCUT2D eigenvalue weighted by molar-refractivity contribution is 6.31. The summed E-state index contributed by atoms with van der Waals surface area (Å²) in [5, 5.41) is 0.135. The molecule has 0 aliphatic rings. The number of ether oxygens (including phenoxy) is 1. The highest BCUT2D eigenvalue weighted by atomic mass is 35.5. The lowest BCUT2D eigenvalue weighted by molar-refractivity contribution is 0.0433. The minimum absolute atomic E-state index is 0.135. The maximum absolute atomic E-state index is 13.5. The fourth-order valence-corrected chi connectivity index (χ4v) is 2.56. The molecule has 2 N–H and O–H groups in total. The summed E-state index contributed by atoms with van der Waals surface area (Å²) in [5.74, 6) is -0.422. The summed E-state index contributed by atoms with van der Waals surface area (Å²) in [6.45, 7) is 2.49. The van der Waals surface area contributed by atoms with Gasteiger partial charge >= 0.3 is 0 Å². The number of rotatable bonds is 6. The van der Waals surface area contributed by atoms with E-state index in [4.69, 9.17) is 22.1 Å². The average molecular weight is 308 g/mol. The van der Waals surface area contributed by atoms with Crippen molar-refractivity contribution in [1.82, 2.24) is 0 Å². The van der Waals surface area contributed by atoms with Crippen LogP contribution in [0.25, 0.3) is 0 Å². The maximum Gasteiger partial charge on any atom is 0.142 e. The van der Waals surface area contributed by atoms with Crippen molar-refractivity contribution in [2.24, 2.45) is 5.73 Å². The zero-order valence-corrected chi connectivity index (χ0v) is 12.7. The largest absolute Gasteiger partial charge is 0.372 e. The highest BCUT2D eigenvalue weighted by Gasteiger charge is 2.21. The van der Waals surface area contributed by atoms with Crippen molar-refractivity contribution >= 4 is 11.6 Å². The smallest absolute Gasteiger partial charge is 0.142 e. The summed E-state index contributed by atoms with van der Waals surface area (Å²) < 4.78 is 19.3. The van der Waals surface area contributed by atoms with Gasteiger partial charge in [-0.2, -0.15) is 0 Å². The van der Waals surface area contributed by atoms with Crippen molar-refractivity contribution in [2.75, 3.05) is 6.61 Å². The Morgan fingerprint density at radius 1 is 1.14 bits per heavy atom. The zero-order valence-electron chi connectivity index (χ0n) is 11.9. The van der Waals surface area contributed by atoms with Gasteiger partial charge in [0.15, 0.2) is 0 Å². The fourth-order valence-electron chi connectivity index (χ4n) is 2.36. The monoisotopic (exact) mass is 307 g/mol. The number of hydrogen-bond donors (Lipinski definition) is 1. The Labute approximate surface area is 129 Å². The minimum Gasteiger partial charge on any atom is -0.372 e. The Hall–Kier alpha value is -1.42. The van der Waals surface area contributed by atoms with E-state index in [2.05, 4.69) is 0 Å². The molecule has 2 nitrogen and oxygen atoms in total. The number of halogens is 2. The molecule has 2 aromatic rings. The van der Waals surface area contributed by atoms with Gasteiger partial charge in [0.1, 0.15) is 5.82 Å². The molecular weight excluding hydrogens is 289 g/mol. The van der Waals surface area contributed by atoms with Crippen molar-refractivity contribution in [1.29, 1.82) is 0 Å². The molecule has 0 aromatic heterocycles. The van der Waals surface area contributed by atoms with E-state index >= 15 is 0 Å². The second-order valence-corrected chi connectivity index (χ2v) is 5.25. The molecule has 0 amide bonds. The van der Waals surface area contributed by atoms with Crippen LogP contribution in [-0.2, 0) is 11.2 Å². The lowest BCUT2D eigenvalue weighted by atomic mass is 9.96. The van der Waals surface area contributed by atoms with E-state index < -0.39 is 5.82 Å². The Morgan fingerprint density at radius 2 is 1.86 bits per heavy atom. The number of hydrogen-bond acceptors (Lipinski definition) is 2. The Bertz CT molecular complexity index is 576. The topological polar surface area (TPSA) is 35.2 Å². The summed E-state index contributed by atoms with van der Waals surface area (Å²) in [4.78, 5) is 0. The van der Waals surface area contributed by atoms with Crippen LogP contribution < -0.4 is 5.73 Å². The van der Waals surface area contributed by atoms with Crippen molar-refractivity contribution in [3.8, 4) is 0 Å². The van der Waals surface area contributed by atoms with E-state index in [0.29, 0.717) is 18.6 Å². The lowest BCUT2D eigenvalue weighted by Crippen LogP contribution is -2.32. The van der Waals surface area contributed by atoms with Gasteiger partial charge in [-0.25, -0.2) is 4.39 Å². The average Bonchev–Trinajstić information content (AvgIpc) is 2.50. The first-order chi connectivity index (χ1) is 10.1. The molecule has 2 rings (SSSR count). The van der Waals surface area contributed by atoms with Gasteiger partial charge in [-0.05, 0) is 30.5 Å². The second-order valence-electron chi connectivity index (χ2n) is 4.87. The Morgan fingerprint density at radius 3 is 2.52 bits per heavy atom. The summed E-state index contributed by atoms with van der Waals surface area (Å²) in [5.41, 5.74) is 7.99. The van der Waals surface area contributed by atoms with E-state index in [1.165, 1.54) is 6.07 Å². The van der Waals surface area contributed by atoms with Crippen LogP contribution in [-0.4, -0.2) is 12.6 Å². The molecule has 2 aromatic carbocycles. The van der Waals surface area contributed by atoms with Gasteiger partial charge in [0, 0.05) is 12.6 Å². The van der Waals surface area contributed by atoms with Crippen LogP contribution in [0, 0.1) is 5.82 Å². The molecule has 0 heterocycles. The molecule has 0 aliphatic heterocycles. The predicted molar refractivity (Wildman–Crippen MR) is 83.9 cm³/mol. The zero-order chi connectivity index (χ0) is 15.2. The van der Waals surface area contributed by atoms with Crippen molar-refractivity contribution in [3.63, 3.8) is 0 Å². The fraction of sp³-hybridized carbons (Fsp3) is 0.294. The molecule has 0 saturated heterocycles. The van der Waals surface area contributed by atoms with E-state index in [-0.39, 0.29) is 17.2 Å². The SMILES string of the molecule is CCOC(c1ccccc1)C(N)Cc1cccc(F)c1Cl. The summed E-state index contributed by atoms with van der Waals surface area (Å²) >= 11 is 5.99. The molecule has 4 heteroatoms. The molecule has 0 saturated carbocycles. The molecule has 0 radical (unpaired) electrons. The Balaban J connectivity index is 2.19. The van der Waals surface area contributed by atoms with E-state index in [1.807, 2.05) is 37.3 Å². The molecule has 21 heavy (non-hydrogen) atoms. The van der Waals surface area contributed by atoms with Crippen LogP contribution in [0.5, 0.6) is 0 Å². The third-order valence-corrected chi connectivity index (χ3v) is 3.77. The Kier molecular flexibility index (Phi) is 5.74.